The molecule has 47 heavy (non-hydrogen) atoms. The highest BCUT2D eigenvalue weighted by molar-refractivity contribution is 6.32. The quantitative estimate of drug-likeness (QED) is 0.141. The zero-order valence-corrected chi connectivity index (χ0v) is 25.7. The SMILES string of the molecule is c1ccc(-n2c3ccccc3c3cc(-c4ccc(-c5c6ccccc6cc6c7ccccc7c7ccccc7c56)cc4)ccc32)cc1. The number of para-hydroxylation sites is 2. The van der Waals surface area contributed by atoms with Crippen molar-refractivity contribution in [2.45, 2.75) is 0 Å². The van der Waals surface area contributed by atoms with Crippen LogP contribution in [-0.2, 0) is 0 Å². The van der Waals surface area contributed by atoms with Crippen LogP contribution in [0.15, 0.2) is 176 Å². The van der Waals surface area contributed by atoms with Gasteiger partial charge >= 0.3 is 0 Å². The van der Waals surface area contributed by atoms with Gasteiger partial charge in [-0.05, 0) is 102 Å². The molecule has 218 valence electrons. The van der Waals surface area contributed by atoms with E-state index in [-0.39, 0.29) is 0 Å². The number of aromatic nitrogens is 1. The molecule has 0 atom stereocenters. The average Bonchev–Trinajstić information content (AvgIpc) is 3.48. The maximum absolute atomic E-state index is 2.39. The summed E-state index contributed by atoms with van der Waals surface area (Å²) >= 11 is 0. The molecule has 0 bridgehead atoms. The van der Waals surface area contributed by atoms with Crippen LogP contribution in [0.1, 0.15) is 0 Å². The van der Waals surface area contributed by atoms with Gasteiger partial charge in [-0.25, -0.2) is 0 Å². The molecule has 10 rings (SSSR count). The van der Waals surface area contributed by atoms with Crippen molar-refractivity contribution in [1.29, 1.82) is 0 Å². The fraction of sp³-hybridized carbons (Fsp3) is 0. The van der Waals surface area contributed by atoms with Crippen molar-refractivity contribution in [3.8, 4) is 27.9 Å². The Morgan fingerprint density at radius 1 is 0.298 bits per heavy atom. The van der Waals surface area contributed by atoms with Crippen LogP contribution in [-0.4, -0.2) is 4.57 Å². The topological polar surface area (TPSA) is 4.93 Å². The molecule has 0 aliphatic rings. The molecule has 1 nitrogen and oxygen atoms in total. The lowest BCUT2D eigenvalue weighted by molar-refractivity contribution is 1.18. The number of fused-ring (bicyclic) bond motifs is 10. The van der Waals surface area contributed by atoms with Crippen LogP contribution in [0.4, 0.5) is 0 Å². The summed E-state index contributed by atoms with van der Waals surface area (Å²) in [5.41, 5.74) is 8.60. The Morgan fingerprint density at radius 2 is 0.830 bits per heavy atom. The van der Waals surface area contributed by atoms with Crippen molar-refractivity contribution in [2.24, 2.45) is 0 Å². The van der Waals surface area contributed by atoms with Crippen LogP contribution < -0.4 is 0 Å². The molecule has 0 amide bonds. The molecule has 0 spiro atoms. The van der Waals surface area contributed by atoms with Gasteiger partial charge in [-0.3, -0.25) is 0 Å². The van der Waals surface area contributed by atoms with Crippen molar-refractivity contribution < 1.29 is 0 Å². The van der Waals surface area contributed by atoms with Crippen LogP contribution in [0.25, 0.3) is 92.8 Å². The van der Waals surface area contributed by atoms with Crippen LogP contribution in [0, 0.1) is 0 Å². The maximum atomic E-state index is 2.39. The molecule has 0 radical (unpaired) electrons. The number of benzene rings is 9. The number of hydrogen-bond donors (Lipinski definition) is 0. The molecule has 10 aromatic rings. The second-order valence-corrected chi connectivity index (χ2v) is 12.5. The van der Waals surface area contributed by atoms with E-state index in [1.165, 1.54) is 92.8 Å². The summed E-state index contributed by atoms with van der Waals surface area (Å²) in [5.74, 6) is 0. The van der Waals surface area contributed by atoms with E-state index in [1.54, 1.807) is 0 Å². The number of rotatable bonds is 3. The predicted octanol–water partition coefficient (Wildman–Crippen LogP) is 12.7. The van der Waals surface area contributed by atoms with E-state index in [0.29, 0.717) is 0 Å². The molecular formula is C46H29N. The third-order valence-corrected chi connectivity index (χ3v) is 9.95. The molecule has 0 fully saturated rings. The highest BCUT2D eigenvalue weighted by Gasteiger charge is 2.17. The summed E-state index contributed by atoms with van der Waals surface area (Å²) in [5, 5.41) is 12.9. The van der Waals surface area contributed by atoms with Crippen LogP contribution in [0.5, 0.6) is 0 Å². The Balaban J connectivity index is 1.19. The molecule has 0 N–H and O–H groups in total. The van der Waals surface area contributed by atoms with Gasteiger partial charge in [-0.2, -0.15) is 0 Å². The summed E-state index contributed by atoms with van der Waals surface area (Å²) in [6, 6.07) is 64.5. The first-order valence-corrected chi connectivity index (χ1v) is 16.3. The van der Waals surface area contributed by atoms with E-state index in [1.807, 2.05) is 0 Å². The van der Waals surface area contributed by atoms with Gasteiger partial charge in [0.2, 0.25) is 0 Å². The van der Waals surface area contributed by atoms with Crippen molar-refractivity contribution >= 4 is 64.9 Å². The fourth-order valence-electron chi connectivity index (χ4n) is 7.87. The summed E-state index contributed by atoms with van der Waals surface area (Å²) in [6.07, 6.45) is 0. The van der Waals surface area contributed by atoms with Gasteiger partial charge in [0, 0.05) is 16.5 Å². The van der Waals surface area contributed by atoms with E-state index in [2.05, 4.69) is 180 Å². The molecule has 1 heteroatoms. The molecular weight excluding hydrogens is 567 g/mol. The molecule has 0 saturated heterocycles. The Hall–Kier alpha value is -6.18. The van der Waals surface area contributed by atoms with Crippen molar-refractivity contribution in [3.05, 3.63) is 176 Å². The Morgan fingerprint density at radius 3 is 1.60 bits per heavy atom. The normalized spacial score (nSPS) is 11.8. The highest BCUT2D eigenvalue weighted by Crippen LogP contribution is 2.44. The molecule has 0 unspecified atom stereocenters. The first kappa shape index (κ1) is 26.1. The van der Waals surface area contributed by atoms with E-state index in [4.69, 9.17) is 0 Å². The van der Waals surface area contributed by atoms with Gasteiger partial charge in [0.25, 0.3) is 0 Å². The van der Waals surface area contributed by atoms with Crippen molar-refractivity contribution in [3.63, 3.8) is 0 Å². The Bertz CT molecular complexity index is 2820. The van der Waals surface area contributed by atoms with Crippen molar-refractivity contribution in [2.75, 3.05) is 0 Å². The summed E-state index contributed by atoms with van der Waals surface area (Å²) in [6.45, 7) is 0. The highest BCUT2D eigenvalue weighted by atomic mass is 15.0. The summed E-state index contributed by atoms with van der Waals surface area (Å²) in [7, 11) is 0. The molecule has 0 saturated carbocycles. The third kappa shape index (κ3) is 3.90. The van der Waals surface area contributed by atoms with Gasteiger partial charge in [-0.1, -0.05) is 140 Å². The Kier molecular flexibility index (Phi) is 5.64. The van der Waals surface area contributed by atoms with Gasteiger partial charge in [0.15, 0.2) is 0 Å². The van der Waals surface area contributed by atoms with Crippen molar-refractivity contribution in [1.82, 2.24) is 4.57 Å². The molecule has 0 aliphatic heterocycles. The third-order valence-electron chi connectivity index (χ3n) is 9.95. The van der Waals surface area contributed by atoms with Gasteiger partial charge in [0.1, 0.15) is 0 Å². The smallest absolute Gasteiger partial charge is 0.0541 e. The second-order valence-electron chi connectivity index (χ2n) is 12.5. The van der Waals surface area contributed by atoms with Crippen LogP contribution >= 0.6 is 0 Å². The first-order valence-electron chi connectivity index (χ1n) is 16.3. The van der Waals surface area contributed by atoms with Gasteiger partial charge in [0.05, 0.1) is 11.0 Å². The fourth-order valence-corrected chi connectivity index (χ4v) is 7.87. The molecule has 1 aromatic heterocycles. The lowest BCUT2D eigenvalue weighted by atomic mass is 9.86. The summed E-state index contributed by atoms with van der Waals surface area (Å²) < 4.78 is 2.37. The van der Waals surface area contributed by atoms with Gasteiger partial charge in [-0.15, -0.1) is 0 Å². The Labute approximate surface area is 272 Å². The van der Waals surface area contributed by atoms with E-state index in [9.17, 15) is 0 Å². The minimum absolute atomic E-state index is 1.18. The first-order chi connectivity index (χ1) is 23.3. The minimum Gasteiger partial charge on any atom is -0.309 e. The number of nitrogens with zero attached hydrogens (tertiary/aromatic N) is 1. The zero-order valence-electron chi connectivity index (χ0n) is 25.7. The predicted molar refractivity (Wildman–Crippen MR) is 202 cm³/mol. The van der Waals surface area contributed by atoms with Crippen LogP contribution in [0.2, 0.25) is 0 Å². The minimum atomic E-state index is 1.18. The lowest BCUT2D eigenvalue weighted by Crippen LogP contribution is -1.92. The standard InChI is InChI=1S/C46H29N/c1-2-13-34(14-3-1)47-43-21-11-10-19-39(43)41-28-32(26-27-44(41)47)30-22-24-31(25-23-30)45-35-15-5-4-12-33(35)29-42-38-18-7-6-16-36(38)37-17-8-9-20-40(37)46(42)45/h1-29H. The zero-order chi connectivity index (χ0) is 30.9. The van der Waals surface area contributed by atoms with E-state index < -0.39 is 0 Å². The monoisotopic (exact) mass is 595 g/mol. The maximum Gasteiger partial charge on any atom is 0.0541 e. The van der Waals surface area contributed by atoms with E-state index >= 15 is 0 Å². The molecule has 9 aromatic carbocycles. The molecule has 0 aliphatic carbocycles. The number of hydrogen-bond acceptors (Lipinski definition) is 0. The van der Waals surface area contributed by atoms with Gasteiger partial charge < -0.3 is 4.57 Å². The van der Waals surface area contributed by atoms with E-state index in [0.717, 1.165) is 0 Å². The lowest BCUT2D eigenvalue weighted by Gasteiger charge is -2.17. The second kappa shape index (κ2) is 10.2. The summed E-state index contributed by atoms with van der Waals surface area (Å²) in [4.78, 5) is 0. The largest absolute Gasteiger partial charge is 0.309 e. The van der Waals surface area contributed by atoms with Crippen LogP contribution in [0.3, 0.4) is 0 Å². The molecule has 1 heterocycles. The average molecular weight is 596 g/mol.